The monoisotopic (exact) mass is 354 g/mol. The number of rotatable bonds is 3. The van der Waals surface area contributed by atoms with Gasteiger partial charge in [-0.1, -0.05) is 78.9 Å². The molecule has 3 heteroatoms. The standard InChI is InChI=1S/C24H23N3/c1-2-8-19(9-3-1)18-25-27-16-14-26(15-17-27)24-22-12-6-4-10-20(22)21-11-5-7-13-23(21)24/h1-13,18,24H,14-17H2/p+1/b25-18-. The molecule has 2 aliphatic rings. The number of quaternary nitrogens is 1. The lowest BCUT2D eigenvalue weighted by Crippen LogP contribution is -3.14. The molecule has 1 heterocycles. The van der Waals surface area contributed by atoms with Crippen LogP contribution < -0.4 is 4.90 Å². The lowest BCUT2D eigenvalue weighted by atomic mass is 10.0. The zero-order valence-electron chi connectivity index (χ0n) is 15.4. The maximum Gasteiger partial charge on any atom is 0.140 e. The van der Waals surface area contributed by atoms with Crippen molar-refractivity contribution in [1.82, 2.24) is 5.01 Å². The third-order valence-electron chi connectivity index (χ3n) is 5.79. The molecule has 0 radical (unpaired) electrons. The number of nitrogens with zero attached hydrogens (tertiary/aromatic N) is 2. The molecule has 1 aliphatic heterocycles. The molecule has 1 saturated heterocycles. The maximum absolute atomic E-state index is 4.70. The van der Waals surface area contributed by atoms with Crippen molar-refractivity contribution in [3.63, 3.8) is 0 Å². The highest BCUT2D eigenvalue weighted by atomic mass is 15.5. The van der Waals surface area contributed by atoms with Crippen LogP contribution in [0.25, 0.3) is 11.1 Å². The van der Waals surface area contributed by atoms with Gasteiger partial charge in [-0.25, -0.2) is 0 Å². The predicted octanol–water partition coefficient (Wildman–Crippen LogP) is 2.99. The molecule has 0 atom stereocenters. The average Bonchev–Trinajstić information content (AvgIpc) is 3.08. The van der Waals surface area contributed by atoms with Crippen LogP contribution in [0.15, 0.2) is 84.0 Å². The Morgan fingerprint density at radius 1 is 0.741 bits per heavy atom. The average molecular weight is 354 g/mol. The van der Waals surface area contributed by atoms with Gasteiger partial charge in [0.15, 0.2) is 0 Å². The van der Waals surface area contributed by atoms with Crippen LogP contribution in [0.5, 0.6) is 0 Å². The Bertz CT molecular complexity index is 911. The summed E-state index contributed by atoms with van der Waals surface area (Å²) in [4.78, 5) is 1.65. The molecule has 3 nitrogen and oxygen atoms in total. The fourth-order valence-corrected chi connectivity index (χ4v) is 4.47. The van der Waals surface area contributed by atoms with Gasteiger partial charge < -0.3 is 4.90 Å². The summed E-state index contributed by atoms with van der Waals surface area (Å²) in [6, 6.07) is 28.6. The van der Waals surface area contributed by atoms with Crippen LogP contribution in [-0.2, 0) is 0 Å². The van der Waals surface area contributed by atoms with Gasteiger partial charge in [0.25, 0.3) is 0 Å². The van der Waals surface area contributed by atoms with E-state index in [1.54, 1.807) is 4.90 Å². The van der Waals surface area contributed by atoms with Crippen molar-refractivity contribution in [2.24, 2.45) is 5.10 Å². The topological polar surface area (TPSA) is 20.0 Å². The molecule has 1 aliphatic carbocycles. The van der Waals surface area contributed by atoms with E-state index in [-0.39, 0.29) is 0 Å². The van der Waals surface area contributed by atoms with Crippen molar-refractivity contribution < 1.29 is 4.90 Å². The van der Waals surface area contributed by atoms with Crippen LogP contribution in [0.1, 0.15) is 22.7 Å². The largest absolute Gasteiger partial charge is 0.322 e. The van der Waals surface area contributed by atoms with Crippen LogP contribution in [0.4, 0.5) is 0 Å². The van der Waals surface area contributed by atoms with Gasteiger partial charge in [0.2, 0.25) is 0 Å². The molecule has 0 amide bonds. The number of piperazine rings is 1. The molecule has 0 aromatic heterocycles. The minimum absolute atomic E-state index is 0.456. The van der Waals surface area contributed by atoms with Gasteiger partial charge in [0.05, 0.1) is 32.4 Å². The molecule has 3 aromatic rings. The van der Waals surface area contributed by atoms with E-state index in [1.807, 2.05) is 12.3 Å². The van der Waals surface area contributed by atoms with E-state index >= 15 is 0 Å². The molecule has 134 valence electrons. The Morgan fingerprint density at radius 2 is 1.30 bits per heavy atom. The van der Waals surface area contributed by atoms with Gasteiger partial charge in [0.1, 0.15) is 6.04 Å². The summed E-state index contributed by atoms with van der Waals surface area (Å²) in [6.45, 7) is 4.22. The van der Waals surface area contributed by atoms with Gasteiger partial charge in [-0.05, 0) is 16.7 Å². The molecule has 0 unspecified atom stereocenters. The summed E-state index contributed by atoms with van der Waals surface area (Å²) in [6.07, 6.45) is 1.98. The first-order valence-corrected chi connectivity index (χ1v) is 9.77. The zero-order chi connectivity index (χ0) is 18.1. The first-order valence-electron chi connectivity index (χ1n) is 9.77. The summed E-state index contributed by atoms with van der Waals surface area (Å²) < 4.78 is 0. The van der Waals surface area contributed by atoms with E-state index in [0.29, 0.717) is 6.04 Å². The fourth-order valence-electron chi connectivity index (χ4n) is 4.47. The second-order valence-corrected chi connectivity index (χ2v) is 7.37. The number of hydrogen-bond donors (Lipinski definition) is 1. The van der Waals surface area contributed by atoms with Crippen LogP contribution in [0.3, 0.4) is 0 Å². The lowest BCUT2D eigenvalue weighted by Gasteiger charge is -2.34. The third-order valence-corrected chi connectivity index (χ3v) is 5.79. The smallest absolute Gasteiger partial charge is 0.140 e. The number of fused-ring (bicyclic) bond motifs is 3. The molecule has 0 saturated carbocycles. The number of benzene rings is 3. The first-order chi connectivity index (χ1) is 13.4. The van der Waals surface area contributed by atoms with E-state index in [2.05, 4.69) is 77.8 Å². The predicted molar refractivity (Wildman–Crippen MR) is 110 cm³/mol. The van der Waals surface area contributed by atoms with Crippen molar-refractivity contribution in [2.45, 2.75) is 6.04 Å². The summed E-state index contributed by atoms with van der Waals surface area (Å²) >= 11 is 0. The second-order valence-electron chi connectivity index (χ2n) is 7.37. The van der Waals surface area contributed by atoms with Crippen LogP contribution in [0, 0.1) is 0 Å². The van der Waals surface area contributed by atoms with Gasteiger partial charge >= 0.3 is 0 Å². The van der Waals surface area contributed by atoms with Gasteiger partial charge in [-0.3, -0.25) is 5.01 Å². The SMILES string of the molecule is C(=N/N1CC[NH+](C2c3ccccc3-c3ccccc32)CC1)/c1ccccc1. The quantitative estimate of drug-likeness (QED) is 0.717. The van der Waals surface area contributed by atoms with Crippen molar-refractivity contribution in [3.8, 4) is 11.1 Å². The highest BCUT2D eigenvalue weighted by Crippen LogP contribution is 2.41. The molecular weight excluding hydrogens is 330 g/mol. The lowest BCUT2D eigenvalue weighted by molar-refractivity contribution is -0.929. The minimum atomic E-state index is 0.456. The zero-order valence-corrected chi connectivity index (χ0v) is 15.4. The Morgan fingerprint density at radius 3 is 1.93 bits per heavy atom. The number of nitrogens with one attached hydrogen (secondary N) is 1. The fraction of sp³-hybridized carbons (Fsp3) is 0.208. The Balaban J connectivity index is 1.33. The van der Waals surface area contributed by atoms with E-state index in [4.69, 9.17) is 5.10 Å². The Labute approximate surface area is 160 Å². The number of hydrogen-bond acceptors (Lipinski definition) is 2. The normalized spacial score (nSPS) is 17.3. The molecule has 1 fully saturated rings. The maximum atomic E-state index is 4.70. The van der Waals surface area contributed by atoms with Crippen molar-refractivity contribution in [1.29, 1.82) is 0 Å². The molecule has 27 heavy (non-hydrogen) atoms. The molecule has 5 rings (SSSR count). The summed E-state index contributed by atoms with van der Waals surface area (Å²) in [5.74, 6) is 0. The van der Waals surface area contributed by atoms with Crippen LogP contribution >= 0.6 is 0 Å². The Hall–Kier alpha value is -2.91. The molecule has 0 spiro atoms. The van der Waals surface area contributed by atoms with Crippen molar-refractivity contribution in [2.75, 3.05) is 26.2 Å². The highest BCUT2D eigenvalue weighted by Gasteiger charge is 2.37. The van der Waals surface area contributed by atoms with Gasteiger partial charge in [-0.15, -0.1) is 0 Å². The summed E-state index contributed by atoms with van der Waals surface area (Å²) in [5, 5.41) is 6.91. The molecule has 0 bridgehead atoms. The van der Waals surface area contributed by atoms with E-state index in [9.17, 15) is 0 Å². The van der Waals surface area contributed by atoms with E-state index in [0.717, 1.165) is 31.7 Å². The van der Waals surface area contributed by atoms with E-state index < -0.39 is 0 Å². The van der Waals surface area contributed by atoms with Gasteiger partial charge in [-0.2, -0.15) is 5.10 Å². The third kappa shape index (κ3) is 3.04. The highest BCUT2D eigenvalue weighted by molar-refractivity contribution is 5.79. The van der Waals surface area contributed by atoms with Crippen molar-refractivity contribution in [3.05, 3.63) is 95.6 Å². The minimum Gasteiger partial charge on any atom is -0.322 e. The van der Waals surface area contributed by atoms with Crippen molar-refractivity contribution >= 4 is 6.21 Å². The summed E-state index contributed by atoms with van der Waals surface area (Å²) in [7, 11) is 0. The number of hydrazone groups is 1. The Kier molecular flexibility index (Phi) is 4.23. The molecule has 3 aromatic carbocycles. The molecule has 1 N–H and O–H groups in total. The molecular formula is C24H24N3+. The first kappa shape index (κ1) is 16.3. The second kappa shape index (κ2) is 7.01. The van der Waals surface area contributed by atoms with Gasteiger partial charge in [0, 0.05) is 11.1 Å². The van der Waals surface area contributed by atoms with Crippen LogP contribution in [-0.4, -0.2) is 37.4 Å². The summed E-state index contributed by atoms with van der Waals surface area (Å²) in [5.41, 5.74) is 6.95. The van der Waals surface area contributed by atoms with E-state index in [1.165, 1.54) is 22.3 Å². The van der Waals surface area contributed by atoms with Crippen LogP contribution in [0.2, 0.25) is 0 Å².